The molecule has 2 N–H and O–H groups in total. The molecule has 2 aromatic rings. The second-order valence-electron chi connectivity index (χ2n) is 7.93. The van der Waals surface area contributed by atoms with Gasteiger partial charge in [0.2, 0.25) is 0 Å². The number of pyridine rings is 1. The molecule has 2 aliphatic rings. The van der Waals surface area contributed by atoms with E-state index in [0.717, 1.165) is 55.7 Å². The van der Waals surface area contributed by atoms with E-state index in [0.29, 0.717) is 35.3 Å². The predicted molar refractivity (Wildman–Crippen MR) is 111 cm³/mol. The van der Waals surface area contributed by atoms with Crippen LogP contribution in [0.15, 0.2) is 30.5 Å². The molecular formula is C23H26N4O2. The van der Waals surface area contributed by atoms with Gasteiger partial charge in [-0.3, -0.25) is 4.79 Å². The quantitative estimate of drug-likeness (QED) is 0.777. The Labute approximate surface area is 171 Å². The van der Waals surface area contributed by atoms with Crippen LogP contribution in [0.25, 0.3) is 0 Å². The monoisotopic (exact) mass is 390 g/mol. The smallest absolute Gasteiger partial charge is 0.253 e. The summed E-state index contributed by atoms with van der Waals surface area (Å²) in [6, 6.07) is 9.91. The number of nitrogens with one attached hydrogen (secondary N) is 2. The Bertz CT molecular complexity index is 940. The van der Waals surface area contributed by atoms with E-state index in [2.05, 4.69) is 21.7 Å². The minimum atomic E-state index is -0.0503. The molecule has 0 unspecified atom stereocenters. The number of aryl methyl sites for hydroxylation is 1. The first kappa shape index (κ1) is 19.4. The van der Waals surface area contributed by atoms with Crippen molar-refractivity contribution in [1.29, 1.82) is 5.26 Å². The Morgan fingerprint density at radius 1 is 1.28 bits per heavy atom. The van der Waals surface area contributed by atoms with Crippen LogP contribution in [0.3, 0.4) is 0 Å². The second kappa shape index (κ2) is 8.62. The fraction of sp³-hybridized carbons (Fsp3) is 0.435. The maximum Gasteiger partial charge on any atom is 0.253 e. The maximum atomic E-state index is 12.8. The molecule has 0 radical (unpaired) electrons. The van der Waals surface area contributed by atoms with E-state index in [-0.39, 0.29) is 5.91 Å². The molecule has 1 saturated heterocycles. The van der Waals surface area contributed by atoms with Crippen LogP contribution in [0.4, 0.5) is 11.5 Å². The predicted octanol–water partition coefficient (Wildman–Crippen LogP) is 4.04. The zero-order valence-electron chi connectivity index (χ0n) is 16.7. The Balaban J connectivity index is 1.51. The molecule has 2 heterocycles. The maximum absolute atomic E-state index is 12.8. The first-order valence-electron chi connectivity index (χ1n) is 10.3. The van der Waals surface area contributed by atoms with Gasteiger partial charge >= 0.3 is 0 Å². The van der Waals surface area contributed by atoms with E-state index in [4.69, 9.17) is 4.74 Å². The lowest BCUT2D eigenvalue weighted by atomic mass is 10.00. The highest BCUT2D eigenvalue weighted by atomic mass is 16.5. The Morgan fingerprint density at radius 3 is 2.79 bits per heavy atom. The van der Waals surface area contributed by atoms with Crippen LogP contribution in [0.2, 0.25) is 0 Å². The number of nitrogens with zero attached hydrogens (tertiary/aromatic N) is 2. The molecular weight excluding hydrogens is 364 g/mol. The van der Waals surface area contributed by atoms with Crippen LogP contribution in [0.5, 0.6) is 0 Å². The minimum Gasteiger partial charge on any atom is -0.381 e. The van der Waals surface area contributed by atoms with Crippen molar-refractivity contribution in [2.75, 3.05) is 25.1 Å². The van der Waals surface area contributed by atoms with Gasteiger partial charge in [-0.25, -0.2) is 4.98 Å². The van der Waals surface area contributed by atoms with Crippen LogP contribution in [0, 0.1) is 24.2 Å². The number of rotatable bonds is 6. The zero-order chi connectivity index (χ0) is 20.2. The highest BCUT2D eigenvalue weighted by Crippen LogP contribution is 2.42. The summed E-state index contributed by atoms with van der Waals surface area (Å²) in [5.74, 6) is 1.51. The molecule has 1 aliphatic carbocycles. The molecule has 6 nitrogen and oxygen atoms in total. The third-order valence-electron chi connectivity index (χ3n) is 5.74. The van der Waals surface area contributed by atoms with Gasteiger partial charge in [-0.05, 0) is 67.7 Å². The third-order valence-corrected chi connectivity index (χ3v) is 5.74. The highest BCUT2D eigenvalue weighted by Gasteiger charge is 2.29. The Morgan fingerprint density at radius 2 is 2.07 bits per heavy atom. The normalized spacial score (nSPS) is 16.8. The molecule has 1 aromatic carbocycles. The van der Waals surface area contributed by atoms with Gasteiger partial charge in [0, 0.05) is 26.0 Å². The fourth-order valence-electron chi connectivity index (χ4n) is 3.80. The molecule has 0 bridgehead atoms. The van der Waals surface area contributed by atoms with Crippen molar-refractivity contribution >= 4 is 17.4 Å². The lowest BCUT2D eigenvalue weighted by molar-refractivity contribution is 0.0642. The topological polar surface area (TPSA) is 87.0 Å². The number of carbonyl (C=O) groups is 1. The average molecular weight is 390 g/mol. The molecule has 0 spiro atoms. The molecule has 4 rings (SSSR count). The van der Waals surface area contributed by atoms with E-state index in [1.54, 1.807) is 6.20 Å². The second-order valence-corrected chi connectivity index (χ2v) is 7.93. The van der Waals surface area contributed by atoms with E-state index >= 15 is 0 Å². The van der Waals surface area contributed by atoms with Crippen LogP contribution in [-0.2, 0) is 4.74 Å². The lowest BCUT2D eigenvalue weighted by Gasteiger charge is -2.22. The van der Waals surface area contributed by atoms with Crippen molar-refractivity contribution in [2.24, 2.45) is 5.92 Å². The number of amides is 1. The SMILES string of the molecule is Cc1cccc(Nc2cc(C3CC3)c(C(=O)NCC3CCOCC3)cn2)c1C#N. The van der Waals surface area contributed by atoms with Crippen molar-refractivity contribution in [2.45, 2.75) is 38.5 Å². The van der Waals surface area contributed by atoms with E-state index in [1.165, 1.54) is 0 Å². The highest BCUT2D eigenvalue weighted by molar-refractivity contribution is 5.96. The van der Waals surface area contributed by atoms with Gasteiger partial charge < -0.3 is 15.4 Å². The van der Waals surface area contributed by atoms with E-state index in [9.17, 15) is 10.1 Å². The molecule has 29 heavy (non-hydrogen) atoms. The van der Waals surface area contributed by atoms with Crippen molar-refractivity contribution in [3.63, 3.8) is 0 Å². The van der Waals surface area contributed by atoms with Crippen molar-refractivity contribution in [3.05, 3.63) is 52.7 Å². The van der Waals surface area contributed by atoms with Gasteiger partial charge in [-0.1, -0.05) is 12.1 Å². The van der Waals surface area contributed by atoms with Crippen molar-refractivity contribution in [1.82, 2.24) is 10.3 Å². The summed E-state index contributed by atoms with van der Waals surface area (Å²) in [7, 11) is 0. The average Bonchev–Trinajstić information content (AvgIpc) is 3.58. The summed E-state index contributed by atoms with van der Waals surface area (Å²) >= 11 is 0. The van der Waals surface area contributed by atoms with Gasteiger partial charge in [0.1, 0.15) is 11.9 Å². The van der Waals surface area contributed by atoms with Crippen LogP contribution in [-0.4, -0.2) is 30.6 Å². The number of carbonyl (C=O) groups excluding carboxylic acids is 1. The summed E-state index contributed by atoms with van der Waals surface area (Å²) in [4.78, 5) is 17.3. The standard InChI is InChI=1S/C23H26N4O2/c1-15-3-2-4-21(19(15)12-24)27-22-11-18(17-5-6-17)20(14-25-22)23(28)26-13-16-7-9-29-10-8-16/h2-4,11,14,16-17H,5-10,13H2,1H3,(H,25,27)(H,26,28). The van der Waals surface area contributed by atoms with Gasteiger partial charge in [0.05, 0.1) is 16.8 Å². The Hall–Kier alpha value is -2.91. The third kappa shape index (κ3) is 4.57. The summed E-state index contributed by atoms with van der Waals surface area (Å²) in [5.41, 5.74) is 3.97. The molecule has 1 aromatic heterocycles. The summed E-state index contributed by atoms with van der Waals surface area (Å²) in [6.45, 7) is 4.15. The number of hydrogen-bond donors (Lipinski definition) is 2. The number of anilines is 2. The lowest BCUT2D eigenvalue weighted by Crippen LogP contribution is -2.32. The summed E-state index contributed by atoms with van der Waals surface area (Å²) < 4.78 is 5.39. The number of benzene rings is 1. The zero-order valence-corrected chi connectivity index (χ0v) is 16.7. The summed E-state index contributed by atoms with van der Waals surface area (Å²) in [5, 5.41) is 15.8. The number of hydrogen-bond acceptors (Lipinski definition) is 5. The van der Waals surface area contributed by atoms with Gasteiger partial charge in [0.15, 0.2) is 0 Å². The molecule has 1 aliphatic heterocycles. The van der Waals surface area contributed by atoms with Crippen molar-refractivity contribution in [3.8, 4) is 6.07 Å². The number of nitriles is 1. The fourth-order valence-corrected chi connectivity index (χ4v) is 3.80. The van der Waals surface area contributed by atoms with Gasteiger partial charge in [0.25, 0.3) is 5.91 Å². The van der Waals surface area contributed by atoms with E-state index in [1.807, 2.05) is 31.2 Å². The molecule has 150 valence electrons. The van der Waals surface area contributed by atoms with Crippen LogP contribution >= 0.6 is 0 Å². The molecule has 2 fully saturated rings. The Kier molecular flexibility index (Phi) is 5.77. The summed E-state index contributed by atoms with van der Waals surface area (Å²) in [6.07, 6.45) is 5.84. The molecule has 6 heteroatoms. The van der Waals surface area contributed by atoms with E-state index < -0.39 is 0 Å². The molecule has 1 saturated carbocycles. The van der Waals surface area contributed by atoms with Crippen molar-refractivity contribution < 1.29 is 9.53 Å². The first-order valence-corrected chi connectivity index (χ1v) is 10.3. The number of aromatic nitrogens is 1. The van der Waals surface area contributed by atoms with Gasteiger partial charge in [-0.15, -0.1) is 0 Å². The van der Waals surface area contributed by atoms with Crippen LogP contribution in [0.1, 0.15) is 58.6 Å². The van der Waals surface area contributed by atoms with Crippen LogP contribution < -0.4 is 10.6 Å². The van der Waals surface area contributed by atoms with Gasteiger partial charge in [-0.2, -0.15) is 5.26 Å². The largest absolute Gasteiger partial charge is 0.381 e. The molecule has 1 amide bonds. The molecule has 0 atom stereocenters. The first-order chi connectivity index (χ1) is 14.2. The number of ether oxygens (including phenoxy) is 1. The minimum absolute atomic E-state index is 0.0503.